The van der Waals surface area contributed by atoms with Gasteiger partial charge in [-0.1, -0.05) is 6.07 Å². The van der Waals surface area contributed by atoms with Crippen LogP contribution in [0.3, 0.4) is 0 Å². The van der Waals surface area contributed by atoms with Gasteiger partial charge >= 0.3 is 6.18 Å². The quantitative estimate of drug-likeness (QED) is 0.870. The largest absolute Gasteiger partial charge is 0.416 e. The Bertz CT molecular complexity index is 442. The zero-order chi connectivity index (χ0) is 15.2. The topological polar surface area (TPSA) is 32.3 Å². The average Bonchev–Trinajstić information content (AvgIpc) is 2.39. The van der Waals surface area contributed by atoms with Crippen LogP contribution < -0.4 is 5.32 Å². The Morgan fingerprint density at radius 2 is 1.90 bits per heavy atom. The molecular formula is C14H19F3N2O. The Hall–Kier alpha value is -1.72. The molecule has 0 aliphatic heterocycles. The molecule has 0 unspecified atom stereocenters. The van der Waals surface area contributed by atoms with Crippen molar-refractivity contribution in [1.29, 1.82) is 0 Å². The van der Waals surface area contributed by atoms with Gasteiger partial charge in [0.05, 0.1) is 5.56 Å². The van der Waals surface area contributed by atoms with Crippen molar-refractivity contribution in [1.82, 2.24) is 4.90 Å². The molecule has 0 atom stereocenters. The fourth-order valence-electron chi connectivity index (χ4n) is 1.85. The lowest BCUT2D eigenvalue weighted by Crippen LogP contribution is -2.31. The predicted molar refractivity (Wildman–Crippen MR) is 72.5 cm³/mol. The minimum atomic E-state index is -4.35. The standard InChI is InChI=1S/C14H19F3N2O/c1-3-19(4-2)13(20)8-9-18-12-7-5-6-11(10-12)14(15,16)17/h5-7,10,18H,3-4,8-9H2,1-2H3. The first-order valence-corrected chi connectivity index (χ1v) is 6.57. The van der Waals surface area contributed by atoms with Gasteiger partial charge in [-0.05, 0) is 32.0 Å². The summed E-state index contributed by atoms with van der Waals surface area (Å²) in [6.45, 7) is 5.37. The molecule has 0 aromatic heterocycles. The number of halogens is 3. The minimum absolute atomic E-state index is 0.00511. The van der Waals surface area contributed by atoms with Crippen molar-refractivity contribution >= 4 is 11.6 Å². The van der Waals surface area contributed by atoms with Crippen LogP contribution in [-0.4, -0.2) is 30.4 Å². The molecule has 0 fully saturated rings. The summed E-state index contributed by atoms with van der Waals surface area (Å²) >= 11 is 0. The number of nitrogens with zero attached hydrogens (tertiary/aromatic N) is 1. The summed E-state index contributed by atoms with van der Waals surface area (Å²) in [4.78, 5) is 13.4. The molecule has 0 spiro atoms. The molecular weight excluding hydrogens is 269 g/mol. The minimum Gasteiger partial charge on any atom is -0.385 e. The van der Waals surface area contributed by atoms with E-state index in [9.17, 15) is 18.0 Å². The van der Waals surface area contributed by atoms with E-state index < -0.39 is 11.7 Å². The number of carbonyl (C=O) groups is 1. The van der Waals surface area contributed by atoms with Crippen LogP contribution in [0, 0.1) is 0 Å². The molecule has 112 valence electrons. The summed E-state index contributed by atoms with van der Waals surface area (Å²) in [5.74, 6) is -0.00511. The molecule has 1 N–H and O–H groups in total. The van der Waals surface area contributed by atoms with Crippen molar-refractivity contribution in [3.63, 3.8) is 0 Å². The van der Waals surface area contributed by atoms with Crippen LogP contribution in [0.5, 0.6) is 0 Å². The molecule has 1 aromatic rings. The molecule has 1 rings (SSSR count). The number of hydrogen-bond acceptors (Lipinski definition) is 2. The molecule has 0 radical (unpaired) electrons. The molecule has 3 nitrogen and oxygen atoms in total. The van der Waals surface area contributed by atoms with Gasteiger partial charge in [0.25, 0.3) is 0 Å². The highest BCUT2D eigenvalue weighted by Crippen LogP contribution is 2.30. The zero-order valence-electron chi connectivity index (χ0n) is 11.6. The summed E-state index contributed by atoms with van der Waals surface area (Å²) in [6.07, 6.45) is -4.09. The van der Waals surface area contributed by atoms with Gasteiger partial charge in [-0.3, -0.25) is 4.79 Å². The van der Waals surface area contributed by atoms with Crippen molar-refractivity contribution in [2.45, 2.75) is 26.4 Å². The molecule has 0 aliphatic carbocycles. The summed E-state index contributed by atoms with van der Waals surface area (Å²) < 4.78 is 37.6. The number of rotatable bonds is 6. The maximum absolute atomic E-state index is 12.5. The van der Waals surface area contributed by atoms with Crippen LogP contribution in [0.2, 0.25) is 0 Å². The second-order valence-electron chi connectivity index (χ2n) is 4.32. The van der Waals surface area contributed by atoms with Gasteiger partial charge in [0.1, 0.15) is 0 Å². The first-order chi connectivity index (χ1) is 9.38. The van der Waals surface area contributed by atoms with Gasteiger partial charge in [-0.25, -0.2) is 0 Å². The summed E-state index contributed by atoms with van der Waals surface area (Å²) in [5.41, 5.74) is -0.329. The van der Waals surface area contributed by atoms with Crippen LogP contribution in [0.4, 0.5) is 18.9 Å². The van der Waals surface area contributed by atoms with Crippen molar-refractivity contribution in [3.05, 3.63) is 29.8 Å². The molecule has 1 amide bonds. The fraction of sp³-hybridized carbons (Fsp3) is 0.500. The Morgan fingerprint density at radius 1 is 1.25 bits per heavy atom. The third-order valence-corrected chi connectivity index (χ3v) is 2.97. The Labute approximate surface area is 116 Å². The third kappa shape index (κ3) is 4.75. The molecule has 20 heavy (non-hydrogen) atoms. The van der Waals surface area contributed by atoms with Crippen molar-refractivity contribution in [3.8, 4) is 0 Å². The predicted octanol–water partition coefficient (Wildman–Crippen LogP) is 3.38. The molecule has 6 heteroatoms. The van der Waals surface area contributed by atoms with Gasteiger partial charge < -0.3 is 10.2 Å². The van der Waals surface area contributed by atoms with Crippen LogP contribution in [0.15, 0.2) is 24.3 Å². The van der Waals surface area contributed by atoms with E-state index in [1.807, 2.05) is 13.8 Å². The number of nitrogens with one attached hydrogen (secondary N) is 1. The summed E-state index contributed by atoms with van der Waals surface area (Å²) in [6, 6.07) is 4.96. The van der Waals surface area contributed by atoms with Gasteiger partial charge in [0, 0.05) is 31.7 Å². The first-order valence-electron chi connectivity index (χ1n) is 6.57. The second-order valence-corrected chi connectivity index (χ2v) is 4.32. The average molecular weight is 288 g/mol. The van der Waals surface area contributed by atoms with E-state index in [1.54, 1.807) is 11.0 Å². The number of carbonyl (C=O) groups excluding carboxylic acids is 1. The molecule has 0 bridgehead atoms. The number of hydrogen-bond donors (Lipinski definition) is 1. The SMILES string of the molecule is CCN(CC)C(=O)CCNc1cccc(C(F)(F)F)c1. The Kier molecular flexibility index (Phi) is 5.85. The van der Waals surface area contributed by atoms with Gasteiger partial charge in [-0.15, -0.1) is 0 Å². The van der Waals surface area contributed by atoms with Crippen LogP contribution in [0.25, 0.3) is 0 Å². The van der Waals surface area contributed by atoms with Gasteiger partial charge in [0.15, 0.2) is 0 Å². The zero-order valence-corrected chi connectivity index (χ0v) is 11.6. The lowest BCUT2D eigenvalue weighted by Gasteiger charge is -2.18. The van der Waals surface area contributed by atoms with E-state index in [4.69, 9.17) is 0 Å². The lowest BCUT2D eigenvalue weighted by molar-refractivity contribution is -0.137. The normalized spacial score (nSPS) is 11.2. The molecule has 0 saturated heterocycles. The summed E-state index contributed by atoms with van der Waals surface area (Å²) in [5, 5.41) is 2.84. The van der Waals surface area contributed by atoms with E-state index in [-0.39, 0.29) is 12.3 Å². The lowest BCUT2D eigenvalue weighted by atomic mass is 10.2. The van der Waals surface area contributed by atoms with E-state index >= 15 is 0 Å². The van der Waals surface area contributed by atoms with Crippen LogP contribution in [-0.2, 0) is 11.0 Å². The van der Waals surface area contributed by atoms with Gasteiger partial charge in [0.2, 0.25) is 5.91 Å². The monoisotopic (exact) mass is 288 g/mol. The van der Waals surface area contributed by atoms with E-state index in [0.29, 0.717) is 25.3 Å². The fourth-order valence-corrected chi connectivity index (χ4v) is 1.85. The smallest absolute Gasteiger partial charge is 0.385 e. The number of amides is 1. The summed E-state index contributed by atoms with van der Waals surface area (Å²) in [7, 11) is 0. The highest BCUT2D eigenvalue weighted by molar-refractivity contribution is 5.76. The molecule has 0 heterocycles. The number of alkyl halides is 3. The number of anilines is 1. The van der Waals surface area contributed by atoms with Gasteiger partial charge in [-0.2, -0.15) is 13.2 Å². The Balaban J connectivity index is 2.52. The van der Waals surface area contributed by atoms with Crippen LogP contribution >= 0.6 is 0 Å². The van der Waals surface area contributed by atoms with Crippen molar-refractivity contribution in [2.75, 3.05) is 25.0 Å². The maximum atomic E-state index is 12.5. The van der Waals surface area contributed by atoms with Crippen molar-refractivity contribution in [2.24, 2.45) is 0 Å². The second kappa shape index (κ2) is 7.17. The van der Waals surface area contributed by atoms with Crippen molar-refractivity contribution < 1.29 is 18.0 Å². The highest BCUT2D eigenvalue weighted by atomic mass is 19.4. The van der Waals surface area contributed by atoms with E-state index in [1.165, 1.54) is 6.07 Å². The molecule has 0 saturated carbocycles. The number of benzene rings is 1. The van der Waals surface area contributed by atoms with E-state index in [0.717, 1.165) is 12.1 Å². The third-order valence-electron chi connectivity index (χ3n) is 2.97. The van der Waals surface area contributed by atoms with Crippen LogP contribution in [0.1, 0.15) is 25.8 Å². The highest BCUT2D eigenvalue weighted by Gasteiger charge is 2.30. The molecule has 0 aliphatic rings. The Morgan fingerprint density at radius 3 is 2.45 bits per heavy atom. The first kappa shape index (κ1) is 16.3. The maximum Gasteiger partial charge on any atom is 0.416 e. The molecule has 1 aromatic carbocycles. The van der Waals surface area contributed by atoms with E-state index in [2.05, 4.69) is 5.32 Å².